The average Bonchev–Trinajstić information content (AvgIpc) is 3.03. The average molecular weight is 304 g/mol. The zero-order valence-electron chi connectivity index (χ0n) is 13.5. The second-order valence-corrected chi connectivity index (χ2v) is 6.53. The highest BCUT2D eigenvalue weighted by molar-refractivity contribution is 6.39. The Morgan fingerprint density at radius 2 is 1.91 bits per heavy atom. The fourth-order valence-electron chi connectivity index (χ4n) is 3.19. The summed E-state index contributed by atoms with van der Waals surface area (Å²) in [5.74, 6) is 0.555. The lowest BCUT2D eigenvalue weighted by atomic mass is 9.69. The summed E-state index contributed by atoms with van der Waals surface area (Å²) in [4.78, 5) is 19.1. The molecule has 1 aromatic rings. The van der Waals surface area contributed by atoms with Crippen molar-refractivity contribution >= 4 is 13.3 Å². The summed E-state index contributed by atoms with van der Waals surface area (Å²) in [5.41, 5.74) is 6.79. The summed E-state index contributed by atoms with van der Waals surface area (Å²) in [5, 5.41) is 3.05. The summed E-state index contributed by atoms with van der Waals surface area (Å²) in [6, 6.07) is -0.511. The standard InChI is InChI=1S/C16H29BN4O/c18-15(10-14-11-19-12-20-14)16(22)21-17-13-8-6-4-2-1-3-5-7-9-13/h11-13,15,17H,1-10,18H2,(H,19,20)(H,21,22)/t15-/m0/s1. The predicted octanol–water partition coefficient (Wildman–Crippen LogP) is 2.06. The first-order valence-electron chi connectivity index (χ1n) is 8.76. The first kappa shape index (κ1) is 17.1. The van der Waals surface area contributed by atoms with Crippen molar-refractivity contribution < 1.29 is 4.79 Å². The maximum atomic E-state index is 12.1. The van der Waals surface area contributed by atoms with Gasteiger partial charge in [-0.1, -0.05) is 57.8 Å². The Kier molecular flexibility index (Phi) is 7.50. The number of aromatic nitrogens is 2. The summed E-state index contributed by atoms with van der Waals surface area (Å²) >= 11 is 0. The molecule has 4 N–H and O–H groups in total. The molecule has 0 aromatic carbocycles. The first-order chi connectivity index (χ1) is 10.8. The van der Waals surface area contributed by atoms with E-state index in [-0.39, 0.29) is 5.91 Å². The summed E-state index contributed by atoms with van der Waals surface area (Å²) in [7, 11) is 0.771. The normalized spacial score (nSPS) is 19.3. The number of carbonyl (C=O) groups is 1. The minimum Gasteiger partial charge on any atom is -0.401 e. The molecule has 1 saturated carbocycles. The number of hydrogen-bond acceptors (Lipinski definition) is 3. The maximum absolute atomic E-state index is 12.1. The van der Waals surface area contributed by atoms with Gasteiger partial charge in [0.1, 0.15) is 0 Å². The van der Waals surface area contributed by atoms with Gasteiger partial charge in [-0.3, -0.25) is 4.79 Å². The zero-order chi connectivity index (χ0) is 15.6. The van der Waals surface area contributed by atoms with Crippen LogP contribution in [0.3, 0.4) is 0 Å². The Labute approximate surface area is 134 Å². The monoisotopic (exact) mass is 304 g/mol. The van der Waals surface area contributed by atoms with Crippen molar-refractivity contribution in [2.24, 2.45) is 5.73 Å². The van der Waals surface area contributed by atoms with Gasteiger partial charge in [0.2, 0.25) is 13.3 Å². The first-order valence-corrected chi connectivity index (χ1v) is 8.76. The summed E-state index contributed by atoms with van der Waals surface area (Å²) in [6.45, 7) is 0. The fraction of sp³-hybridized carbons (Fsp3) is 0.750. The van der Waals surface area contributed by atoms with Gasteiger partial charge in [-0.2, -0.15) is 0 Å². The van der Waals surface area contributed by atoms with Crippen LogP contribution in [0, 0.1) is 0 Å². The Hall–Kier alpha value is -1.30. The lowest BCUT2D eigenvalue weighted by Gasteiger charge is -2.19. The number of carbonyl (C=O) groups excluding carboxylic acids is 1. The van der Waals surface area contributed by atoms with E-state index < -0.39 is 6.04 Å². The number of imidazole rings is 1. The third kappa shape index (κ3) is 6.22. The van der Waals surface area contributed by atoms with Gasteiger partial charge in [0, 0.05) is 12.6 Å². The molecular formula is C16H29BN4O. The minimum atomic E-state index is -0.511. The molecule has 0 aliphatic heterocycles. The third-order valence-corrected chi connectivity index (χ3v) is 4.61. The molecule has 1 aromatic heterocycles. The van der Waals surface area contributed by atoms with Crippen molar-refractivity contribution in [1.29, 1.82) is 0 Å². The molecule has 1 aliphatic rings. The highest BCUT2D eigenvalue weighted by atomic mass is 16.1. The van der Waals surface area contributed by atoms with Gasteiger partial charge in [0.25, 0.3) is 0 Å². The van der Waals surface area contributed by atoms with Crippen molar-refractivity contribution in [3.8, 4) is 0 Å². The Bertz CT molecular complexity index is 414. The zero-order valence-corrected chi connectivity index (χ0v) is 13.5. The van der Waals surface area contributed by atoms with Gasteiger partial charge in [-0.05, 0) is 5.82 Å². The second kappa shape index (κ2) is 9.67. The highest BCUT2D eigenvalue weighted by Gasteiger charge is 2.18. The fourth-order valence-corrected chi connectivity index (χ4v) is 3.19. The van der Waals surface area contributed by atoms with E-state index >= 15 is 0 Å². The van der Waals surface area contributed by atoms with Crippen LogP contribution < -0.4 is 11.0 Å². The molecular weight excluding hydrogens is 275 g/mol. The Morgan fingerprint density at radius 3 is 2.50 bits per heavy atom. The van der Waals surface area contributed by atoms with Crippen LogP contribution in [0.1, 0.15) is 63.5 Å². The molecule has 1 atom stereocenters. The topological polar surface area (TPSA) is 83.8 Å². The van der Waals surface area contributed by atoms with E-state index in [0.29, 0.717) is 12.2 Å². The quantitative estimate of drug-likeness (QED) is 0.728. The molecule has 1 amide bonds. The lowest BCUT2D eigenvalue weighted by molar-refractivity contribution is -0.120. The Balaban J connectivity index is 1.70. The van der Waals surface area contributed by atoms with Crippen molar-refractivity contribution in [2.45, 2.75) is 76.1 Å². The van der Waals surface area contributed by atoms with Gasteiger partial charge in [0.05, 0.1) is 18.1 Å². The van der Waals surface area contributed by atoms with Crippen LogP contribution in [0.4, 0.5) is 0 Å². The molecule has 1 heterocycles. The van der Waals surface area contributed by atoms with E-state index in [0.717, 1.165) is 13.1 Å². The minimum absolute atomic E-state index is 0.0555. The molecule has 1 aliphatic carbocycles. The molecule has 5 nitrogen and oxygen atoms in total. The van der Waals surface area contributed by atoms with Crippen LogP contribution in [0.25, 0.3) is 0 Å². The van der Waals surface area contributed by atoms with Crippen molar-refractivity contribution in [1.82, 2.24) is 15.2 Å². The van der Waals surface area contributed by atoms with Crippen LogP contribution >= 0.6 is 0 Å². The summed E-state index contributed by atoms with van der Waals surface area (Å²) in [6.07, 6.45) is 15.7. The lowest BCUT2D eigenvalue weighted by Crippen LogP contribution is -2.44. The van der Waals surface area contributed by atoms with Crippen molar-refractivity contribution in [2.75, 3.05) is 0 Å². The summed E-state index contributed by atoms with van der Waals surface area (Å²) < 4.78 is 0. The van der Waals surface area contributed by atoms with Crippen LogP contribution in [-0.2, 0) is 11.2 Å². The smallest absolute Gasteiger partial charge is 0.239 e. The van der Waals surface area contributed by atoms with E-state index in [1.54, 1.807) is 12.5 Å². The number of aromatic amines is 1. The van der Waals surface area contributed by atoms with Crippen LogP contribution in [-0.4, -0.2) is 29.3 Å². The van der Waals surface area contributed by atoms with Crippen molar-refractivity contribution in [3.63, 3.8) is 0 Å². The van der Waals surface area contributed by atoms with E-state index in [1.165, 1.54) is 57.8 Å². The molecule has 0 spiro atoms. The van der Waals surface area contributed by atoms with Crippen molar-refractivity contribution in [3.05, 3.63) is 18.2 Å². The van der Waals surface area contributed by atoms with E-state index in [9.17, 15) is 4.79 Å². The molecule has 2 rings (SSSR count). The number of nitrogens with two attached hydrogens (primary N) is 1. The van der Waals surface area contributed by atoms with Crippen LogP contribution in [0.15, 0.2) is 12.5 Å². The van der Waals surface area contributed by atoms with Gasteiger partial charge in [0.15, 0.2) is 0 Å². The number of nitrogens with one attached hydrogen (secondary N) is 2. The second-order valence-electron chi connectivity index (χ2n) is 6.53. The molecule has 6 heteroatoms. The highest BCUT2D eigenvalue weighted by Crippen LogP contribution is 2.24. The van der Waals surface area contributed by atoms with Gasteiger partial charge in [-0.15, -0.1) is 0 Å². The maximum Gasteiger partial charge on any atom is 0.239 e. The van der Waals surface area contributed by atoms with E-state index in [1.807, 2.05) is 0 Å². The van der Waals surface area contributed by atoms with E-state index in [2.05, 4.69) is 15.2 Å². The molecule has 1 fully saturated rings. The number of amides is 1. The molecule has 0 radical (unpaired) electrons. The molecule has 0 bridgehead atoms. The number of H-pyrrole nitrogens is 1. The largest absolute Gasteiger partial charge is 0.401 e. The Morgan fingerprint density at radius 1 is 1.27 bits per heavy atom. The predicted molar refractivity (Wildman–Crippen MR) is 90.9 cm³/mol. The van der Waals surface area contributed by atoms with E-state index in [4.69, 9.17) is 5.73 Å². The number of rotatable bonds is 5. The molecule has 0 unspecified atom stereocenters. The van der Waals surface area contributed by atoms with Crippen LogP contribution in [0.2, 0.25) is 5.82 Å². The van der Waals surface area contributed by atoms with Crippen LogP contribution in [0.5, 0.6) is 0 Å². The third-order valence-electron chi connectivity index (χ3n) is 4.61. The molecule has 22 heavy (non-hydrogen) atoms. The SMILES string of the molecule is N[C@@H](Cc1c[nH]cn1)C(=O)NBC1CCCCCCCCC1. The van der Waals surface area contributed by atoms with Gasteiger partial charge < -0.3 is 15.9 Å². The number of hydrogen-bond donors (Lipinski definition) is 3. The molecule has 122 valence electrons. The van der Waals surface area contributed by atoms with Gasteiger partial charge in [-0.25, -0.2) is 4.98 Å². The molecule has 0 saturated heterocycles. The van der Waals surface area contributed by atoms with Gasteiger partial charge >= 0.3 is 0 Å². The number of nitrogens with zero attached hydrogens (tertiary/aromatic N) is 1.